The van der Waals surface area contributed by atoms with E-state index in [2.05, 4.69) is 5.32 Å². The van der Waals surface area contributed by atoms with Crippen LogP contribution in [0.4, 0.5) is 5.69 Å². The predicted molar refractivity (Wildman–Crippen MR) is 70.1 cm³/mol. The maximum atomic E-state index is 11.6. The highest BCUT2D eigenvalue weighted by atomic mass is 16.5. The third kappa shape index (κ3) is 3.54. The Morgan fingerprint density at radius 3 is 2.84 bits per heavy atom. The lowest BCUT2D eigenvalue weighted by Crippen LogP contribution is -2.26. The van der Waals surface area contributed by atoms with Crippen LogP contribution in [0.1, 0.15) is 24.5 Å². The molecule has 1 aliphatic carbocycles. The second kappa shape index (κ2) is 5.84. The minimum atomic E-state index is -1.08. The van der Waals surface area contributed by atoms with Crippen LogP contribution in [0, 0.1) is 0 Å². The molecule has 0 aliphatic heterocycles. The van der Waals surface area contributed by atoms with E-state index < -0.39 is 12.1 Å². The van der Waals surface area contributed by atoms with Crippen molar-refractivity contribution < 1.29 is 19.4 Å². The van der Waals surface area contributed by atoms with Crippen molar-refractivity contribution in [1.82, 2.24) is 0 Å². The molecule has 1 aromatic carbocycles. The number of carbonyl (C=O) groups is 2. The van der Waals surface area contributed by atoms with Crippen molar-refractivity contribution >= 4 is 17.6 Å². The van der Waals surface area contributed by atoms with Gasteiger partial charge < -0.3 is 15.2 Å². The lowest BCUT2D eigenvalue weighted by atomic mass is 10.1. The molecule has 0 radical (unpaired) electrons. The first-order valence-electron chi connectivity index (χ1n) is 6.32. The van der Waals surface area contributed by atoms with Gasteiger partial charge >= 0.3 is 5.97 Å². The van der Waals surface area contributed by atoms with E-state index >= 15 is 0 Å². The van der Waals surface area contributed by atoms with Gasteiger partial charge in [-0.1, -0.05) is 6.07 Å². The molecule has 1 atom stereocenters. The van der Waals surface area contributed by atoms with Gasteiger partial charge in [0.2, 0.25) is 5.91 Å². The van der Waals surface area contributed by atoms with E-state index in [-0.39, 0.29) is 12.5 Å². The number of amides is 1. The fourth-order valence-corrected chi connectivity index (χ4v) is 2.12. The average molecular weight is 263 g/mol. The maximum absolute atomic E-state index is 11.6. The number of aryl methyl sites for hydroxylation is 2. The molecule has 19 heavy (non-hydrogen) atoms. The normalized spacial score (nSPS) is 14.8. The van der Waals surface area contributed by atoms with Gasteiger partial charge in [0.05, 0.1) is 0 Å². The van der Waals surface area contributed by atoms with Crippen LogP contribution in [-0.2, 0) is 27.2 Å². The molecule has 5 heteroatoms. The van der Waals surface area contributed by atoms with Crippen molar-refractivity contribution in [2.75, 3.05) is 11.9 Å². The summed E-state index contributed by atoms with van der Waals surface area (Å²) in [6.07, 6.45) is 2.33. The molecule has 5 nitrogen and oxygen atoms in total. The monoisotopic (exact) mass is 263 g/mol. The summed E-state index contributed by atoms with van der Waals surface area (Å²) in [5, 5.41) is 11.3. The first-order chi connectivity index (χ1) is 9.06. The Morgan fingerprint density at radius 2 is 2.11 bits per heavy atom. The lowest BCUT2D eigenvalue weighted by Gasteiger charge is -2.10. The topological polar surface area (TPSA) is 75.6 Å². The van der Waals surface area contributed by atoms with Crippen molar-refractivity contribution in [3.05, 3.63) is 29.3 Å². The van der Waals surface area contributed by atoms with Crippen LogP contribution < -0.4 is 5.32 Å². The van der Waals surface area contributed by atoms with Crippen LogP contribution >= 0.6 is 0 Å². The summed E-state index contributed by atoms with van der Waals surface area (Å²) in [7, 11) is 0. The minimum absolute atomic E-state index is 0.259. The van der Waals surface area contributed by atoms with Crippen LogP contribution in [0.25, 0.3) is 0 Å². The van der Waals surface area contributed by atoms with Gasteiger partial charge in [-0.15, -0.1) is 0 Å². The van der Waals surface area contributed by atoms with E-state index in [4.69, 9.17) is 9.84 Å². The number of benzene rings is 1. The molecule has 2 rings (SSSR count). The largest absolute Gasteiger partial charge is 0.479 e. The van der Waals surface area contributed by atoms with E-state index in [1.807, 2.05) is 18.2 Å². The molecule has 0 heterocycles. The van der Waals surface area contributed by atoms with Gasteiger partial charge in [0, 0.05) is 5.69 Å². The van der Waals surface area contributed by atoms with Gasteiger partial charge in [-0.3, -0.25) is 4.79 Å². The molecule has 0 fully saturated rings. The number of carboxylic acid groups (broad SMARTS) is 1. The van der Waals surface area contributed by atoms with E-state index in [0.29, 0.717) is 0 Å². The van der Waals surface area contributed by atoms with Crippen molar-refractivity contribution in [2.45, 2.75) is 32.3 Å². The number of ether oxygens (including phenoxy) is 1. The standard InChI is InChI=1S/C14H17NO4/c1-9(14(17)18)19-8-13(16)15-12-6-5-10-3-2-4-11(10)7-12/h5-7,9H,2-4,8H2,1H3,(H,15,16)(H,17,18)/t9-/m0/s1. The van der Waals surface area contributed by atoms with Crippen LogP contribution in [0.2, 0.25) is 0 Å². The molecule has 0 unspecified atom stereocenters. The third-order valence-corrected chi connectivity index (χ3v) is 3.19. The SMILES string of the molecule is C[C@H](OCC(=O)Nc1ccc2c(c1)CCC2)C(=O)O. The fourth-order valence-electron chi connectivity index (χ4n) is 2.12. The molecule has 1 aromatic rings. The lowest BCUT2D eigenvalue weighted by molar-refractivity contribution is -0.150. The first kappa shape index (κ1) is 13.5. The molecule has 1 aliphatic rings. The zero-order valence-electron chi connectivity index (χ0n) is 10.8. The summed E-state index contributed by atoms with van der Waals surface area (Å²) < 4.78 is 4.92. The quantitative estimate of drug-likeness (QED) is 0.846. The molecule has 0 spiro atoms. The molecule has 0 saturated carbocycles. The highest BCUT2D eigenvalue weighted by Crippen LogP contribution is 2.24. The summed E-state index contributed by atoms with van der Waals surface area (Å²) in [5.41, 5.74) is 3.35. The van der Waals surface area contributed by atoms with Crippen molar-refractivity contribution in [3.8, 4) is 0 Å². The molecule has 2 N–H and O–H groups in total. The van der Waals surface area contributed by atoms with Gasteiger partial charge in [0.25, 0.3) is 0 Å². The van der Waals surface area contributed by atoms with Crippen molar-refractivity contribution in [1.29, 1.82) is 0 Å². The number of hydrogen-bond acceptors (Lipinski definition) is 3. The number of rotatable bonds is 5. The summed E-state index contributed by atoms with van der Waals surface area (Å²) in [6, 6.07) is 5.86. The molecular formula is C14H17NO4. The Morgan fingerprint density at radius 1 is 1.37 bits per heavy atom. The number of aliphatic carboxylic acids is 1. The van der Waals surface area contributed by atoms with Crippen molar-refractivity contribution in [2.24, 2.45) is 0 Å². The maximum Gasteiger partial charge on any atom is 0.332 e. The Bertz CT molecular complexity index is 498. The van der Waals surface area contributed by atoms with Gasteiger partial charge in [-0.05, 0) is 49.4 Å². The second-order valence-electron chi connectivity index (χ2n) is 4.68. The average Bonchev–Trinajstić information content (AvgIpc) is 2.83. The first-order valence-corrected chi connectivity index (χ1v) is 6.32. The van der Waals surface area contributed by atoms with E-state index in [1.54, 1.807) is 0 Å². The van der Waals surface area contributed by atoms with Crippen LogP contribution in [-0.4, -0.2) is 29.7 Å². The fraction of sp³-hybridized carbons (Fsp3) is 0.429. The van der Waals surface area contributed by atoms with E-state index in [0.717, 1.165) is 24.9 Å². The van der Waals surface area contributed by atoms with E-state index in [9.17, 15) is 9.59 Å². The number of nitrogens with one attached hydrogen (secondary N) is 1. The highest BCUT2D eigenvalue weighted by Gasteiger charge is 2.14. The number of carboxylic acids is 1. The van der Waals surface area contributed by atoms with Crippen molar-refractivity contribution in [3.63, 3.8) is 0 Å². The number of fused-ring (bicyclic) bond motifs is 1. The molecule has 102 valence electrons. The zero-order valence-corrected chi connectivity index (χ0v) is 10.8. The predicted octanol–water partition coefficient (Wildman–Crippen LogP) is 1.60. The molecule has 0 aromatic heterocycles. The smallest absolute Gasteiger partial charge is 0.332 e. The van der Waals surface area contributed by atoms with Crippen LogP contribution in [0.3, 0.4) is 0 Å². The molecule has 1 amide bonds. The third-order valence-electron chi connectivity index (χ3n) is 3.19. The van der Waals surface area contributed by atoms with E-state index in [1.165, 1.54) is 18.1 Å². The van der Waals surface area contributed by atoms with Crippen LogP contribution in [0.5, 0.6) is 0 Å². The summed E-state index contributed by atoms with van der Waals surface area (Å²) in [6.45, 7) is 1.13. The van der Waals surface area contributed by atoms with Gasteiger partial charge in [-0.25, -0.2) is 4.79 Å². The number of anilines is 1. The zero-order chi connectivity index (χ0) is 13.8. The summed E-state index contributed by atoms with van der Waals surface area (Å²) in [5.74, 6) is -1.42. The Labute approximate surface area is 111 Å². The highest BCUT2D eigenvalue weighted by molar-refractivity contribution is 5.92. The Kier molecular flexibility index (Phi) is 4.16. The molecular weight excluding hydrogens is 246 g/mol. The van der Waals surface area contributed by atoms with Gasteiger partial charge in [0.1, 0.15) is 6.61 Å². The Balaban J connectivity index is 1.87. The van der Waals surface area contributed by atoms with Gasteiger partial charge in [-0.2, -0.15) is 0 Å². The Hall–Kier alpha value is -1.88. The minimum Gasteiger partial charge on any atom is -0.479 e. The summed E-state index contributed by atoms with van der Waals surface area (Å²) in [4.78, 5) is 22.2. The van der Waals surface area contributed by atoms with Gasteiger partial charge in [0.15, 0.2) is 6.10 Å². The van der Waals surface area contributed by atoms with Crippen LogP contribution in [0.15, 0.2) is 18.2 Å². The second-order valence-corrected chi connectivity index (χ2v) is 4.68. The molecule has 0 saturated heterocycles. The number of carbonyl (C=O) groups excluding carboxylic acids is 1. The molecule has 0 bridgehead atoms. The summed E-state index contributed by atoms with van der Waals surface area (Å²) >= 11 is 0. The number of hydrogen-bond donors (Lipinski definition) is 2.